The number of guanidine groups is 1. The van der Waals surface area contributed by atoms with Crippen LogP contribution in [0.25, 0.3) is 0 Å². The van der Waals surface area contributed by atoms with Crippen molar-refractivity contribution < 1.29 is 14.2 Å². The summed E-state index contributed by atoms with van der Waals surface area (Å²) in [6.45, 7) is 10.3. The van der Waals surface area contributed by atoms with E-state index in [2.05, 4.69) is 39.4 Å². The minimum absolute atomic E-state index is 0. The van der Waals surface area contributed by atoms with Crippen LogP contribution in [0.15, 0.2) is 53.7 Å². The Kier molecular flexibility index (Phi) is 11.7. The maximum Gasteiger partial charge on any atom is 0.213 e. The number of pyridine rings is 1. The summed E-state index contributed by atoms with van der Waals surface area (Å²) in [7, 11) is 1.78. The number of morpholine rings is 1. The van der Waals surface area contributed by atoms with Crippen molar-refractivity contribution in [3.05, 3.63) is 54.2 Å². The Morgan fingerprint density at radius 1 is 1.06 bits per heavy atom. The van der Waals surface area contributed by atoms with Crippen LogP contribution in [0.2, 0.25) is 0 Å². The number of para-hydroxylation sites is 1. The van der Waals surface area contributed by atoms with Crippen molar-refractivity contribution in [1.29, 1.82) is 0 Å². The summed E-state index contributed by atoms with van der Waals surface area (Å²) in [6, 6.07) is 13.6. The second kappa shape index (κ2) is 14.2. The third kappa shape index (κ3) is 9.34. The second-order valence-corrected chi connectivity index (χ2v) is 8.21. The van der Waals surface area contributed by atoms with E-state index in [9.17, 15) is 0 Å². The topological polar surface area (TPSA) is 80.2 Å². The predicted octanol–water partition coefficient (Wildman–Crippen LogP) is 2.93. The van der Waals surface area contributed by atoms with Crippen molar-refractivity contribution in [3.63, 3.8) is 0 Å². The van der Waals surface area contributed by atoms with Gasteiger partial charge >= 0.3 is 0 Å². The van der Waals surface area contributed by atoms with E-state index in [4.69, 9.17) is 14.2 Å². The van der Waals surface area contributed by atoms with Gasteiger partial charge in [-0.05, 0) is 31.5 Å². The Labute approximate surface area is 214 Å². The molecule has 3 rings (SSSR count). The van der Waals surface area contributed by atoms with E-state index >= 15 is 0 Å². The van der Waals surface area contributed by atoms with Gasteiger partial charge in [-0.3, -0.25) is 9.89 Å². The molecule has 0 radical (unpaired) electrons. The molecule has 1 saturated heterocycles. The minimum atomic E-state index is 0. The first-order valence-electron chi connectivity index (χ1n) is 11.1. The molecule has 0 atom stereocenters. The molecule has 0 saturated carbocycles. The molecule has 0 bridgehead atoms. The number of halogens is 1. The number of hydrogen-bond acceptors (Lipinski definition) is 6. The van der Waals surface area contributed by atoms with Gasteiger partial charge in [0.15, 0.2) is 5.96 Å². The van der Waals surface area contributed by atoms with Gasteiger partial charge in [0, 0.05) is 51.0 Å². The Morgan fingerprint density at radius 2 is 1.79 bits per heavy atom. The third-order valence-corrected chi connectivity index (χ3v) is 5.38. The number of nitrogens with one attached hydrogen (secondary N) is 2. The zero-order valence-electron chi connectivity index (χ0n) is 19.8. The van der Waals surface area contributed by atoms with E-state index in [1.807, 2.05) is 48.7 Å². The lowest BCUT2D eigenvalue weighted by Crippen LogP contribution is -2.56. The van der Waals surface area contributed by atoms with Gasteiger partial charge in [-0.25, -0.2) is 4.98 Å². The lowest BCUT2D eigenvalue weighted by atomic mass is 10.0. The summed E-state index contributed by atoms with van der Waals surface area (Å²) < 4.78 is 16.7. The molecule has 1 aliphatic heterocycles. The van der Waals surface area contributed by atoms with Gasteiger partial charge in [-0.15, -0.1) is 24.0 Å². The molecule has 1 aromatic carbocycles. The van der Waals surface area contributed by atoms with Gasteiger partial charge in [0.2, 0.25) is 5.88 Å². The van der Waals surface area contributed by atoms with Gasteiger partial charge in [0.1, 0.15) is 19.0 Å². The number of nitrogens with zero attached hydrogens (tertiary/aromatic N) is 3. The number of hydrogen-bond donors (Lipinski definition) is 2. The molecule has 8 nitrogen and oxygen atoms in total. The summed E-state index contributed by atoms with van der Waals surface area (Å²) >= 11 is 0. The predicted molar refractivity (Wildman–Crippen MR) is 142 cm³/mol. The van der Waals surface area contributed by atoms with Gasteiger partial charge in [-0.1, -0.05) is 24.3 Å². The molecule has 0 spiro atoms. The smallest absolute Gasteiger partial charge is 0.213 e. The Morgan fingerprint density at radius 3 is 2.45 bits per heavy atom. The van der Waals surface area contributed by atoms with Crippen LogP contribution in [0.1, 0.15) is 19.4 Å². The molecule has 1 aliphatic rings. The number of aliphatic imine (C=N–C) groups is 1. The van der Waals surface area contributed by atoms with Gasteiger partial charge in [0.05, 0.1) is 13.2 Å². The summed E-state index contributed by atoms with van der Waals surface area (Å²) in [4.78, 5) is 11.2. The molecule has 1 fully saturated rings. The summed E-state index contributed by atoms with van der Waals surface area (Å²) in [5.74, 6) is 2.19. The lowest BCUT2D eigenvalue weighted by Gasteiger charge is -2.41. The Balaban J connectivity index is 0.00000385. The molecule has 2 aromatic rings. The zero-order chi connectivity index (χ0) is 22.7. The standard InChI is InChI=1S/C24H35N5O3.HI/c1-24(2,29-11-13-30-14-12-29)19-28-23(25-3)27-18-20-9-10-22(26-17-20)32-16-15-31-21-7-5-4-6-8-21;/h4-10,17H,11-16,18-19H2,1-3H3,(H2,25,27,28);1H. The largest absolute Gasteiger partial charge is 0.490 e. The fourth-order valence-electron chi connectivity index (χ4n) is 3.41. The summed E-state index contributed by atoms with van der Waals surface area (Å²) in [6.07, 6.45) is 1.81. The van der Waals surface area contributed by atoms with Gasteiger partial charge in [0.25, 0.3) is 0 Å². The summed E-state index contributed by atoms with van der Waals surface area (Å²) in [5.41, 5.74) is 1.07. The molecule has 182 valence electrons. The molecule has 2 N–H and O–H groups in total. The molecule has 1 aromatic heterocycles. The van der Waals surface area contributed by atoms with Crippen LogP contribution in [-0.4, -0.2) is 74.5 Å². The molecule has 0 unspecified atom stereocenters. The van der Waals surface area contributed by atoms with E-state index in [0.717, 1.165) is 50.1 Å². The summed E-state index contributed by atoms with van der Waals surface area (Å²) in [5, 5.41) is 6.78. The highest BCUT2D eigenvalue weighted by molar-refractivity contribution is 14.0. The van der Waals surface area contributed by atoms with E-state index in [0.29, 0.717) is 25.6 Å². The first-order valence-corrected chi connectivity index (χ1v) is 11.1. The van der Waals surface area contributed by atoms with E-state index in [1.54, 1.807) is 7.05 Å². The fraction of sp³-hybridized carbons (Fsp3) is 0.500. The van der Waals surface area contributed by atoms with Crippen molar-refractivity contribution in [3.8, 4) is 11.6 Å². The van der Waals surface area contributed by atoms with Crippen molar-refractivity contribution in [2.45, 2.75) is 25.9 Å². The van der Waals surface area contributed by atoms with E-state index < -0.39 is 0 Å². The van der Waals surface area contributed by atoms with Crippen LogP contribution < -0.4 is 20.1 Å². The molecule has 9 heteroatoms. The maximum absolute atomic E-state index is 5.66. The zero-order valence-corrected chi connectivity index (χ0v) is 22.1. The molecule has 2 heterocycles. The van der Waals surface area contributed by atoms with Crippen molar-refractivity contribution in [1.82, 2.24) is 20.5 Å². The Bertz CT molecular complexity index is 828. The van der Waals surface area contributed by atoms with Crippen molar-refractivity contribution >= 4 is 29.9 Å². The van der Waals surface area contributed by atoms with Crippen molar-refractivity contribution in [2.24, 2.45) is 4.99 Å². The first kappa shape index (κ1) is 27.1. The van der Waals surface area contributed by atoms with E-state index in [-0.39, 0.29) is 29.5 Å². The maximum atomic E-state index is 5.66. The average molecular weight is 569 g/mol. The highest BCUT2D eigenvalue weighted by atomic mass is 127. The van der Waals surface area contributed by atoms with Crippen LogP contribution in [0.4, 0.5) is 0 Å². The highest BCUT2D eigenvalue weighted by Crippen LogP contribution is 2.15. The highest BCUT2D eigenvalue weighted by Gasteiger charge is 2.28. The molecule has 0 aliphatic carbocycles. The van der Waals surface area contributed by atoms with Crippen LogP contribution in [0.5, 0.6) is 11.6 Å². The molecule has 0 amide bonds. The van der Waals surface area contributed by atoms with Crippen LogP contribution in [0.3, 0.4) is 0 Å². The number of aromatic nitrogens is 1. The quantitative estimate of drug-likeness (QED) is 0.197. The van der Waals surface area contributed by atoms with Crippen LogP contribution in [0, 0.1) is 0 Å². The molecular weight excluding hydrogens is 533 g/mol. The number of ether oxygens (including phenoxy) is 3. The normalized spacial score (nSPS) is 14.8. The first-order chi connectivity index (χ1) is 15.6. The SMILES string of the molecule is CN=C(NCc1ccc(OCCOc2ccccc2)nc1)NCC(C)(C)N1CCOCC1.I. The third-order valence-electron chi connectivity index (χ3n) is 5.38. The molecular formula is C24H36IN5O3. The average Bonchev–Trinajstić information content (AvgIpc) is 2.84. The lowest BCUT2D eigenvalue weighted by molar-refractivity contribution is -0.00834. The van der Waals surface area contributed by atoms with Crippen molar-refractivity contribution in [2.75, 3.05) is 53.1 Å². The van der Waals surface area contributed by atoms with Gasteiger partial charge < -0.3 is 24.8 Å². The van der Waals surface area contributed by atoms with Gasteiger partial charge in [-0.2, -0.15) is 0 Å². The monoisotopic (exact) mass is 569 g/mol. The van der Waals surface area contributed by atoms with Crippen LogP contribution >= 0.6 is 24.0 Å². The minimum Gasteiger partial charge on any atom is -0.490 e. The second-order valence-electron chi connectivity index (χ2n) is 8.21. The molecule has 33 heavy (non-hydrogen) atoms. The Hall–Kier alpha value is -2.11. The van der Waals surface area contributed by atoms with Crippen LogP contribution in [-0.2, 0) is 11.3 Å². The number of benzene rings is 1. The number of rotatable bonds is 10. The fourth-order valence-corrected chi connectivity index (χ4v) is 3.41. The van der Waals surface area contributed by atoms with E-state index in [1.165, 1.54) is 0 Å².